The highest BCUT2D eigenvalue weighted by molar-refractivity contribution is 8.03. The van der Waals surface area contributed by atoms with E-state index in [1.165, 1.54) is 6.07 Å². The molecule has 2 heterocycles. The molecule has 0 aliphatic carbocycles. The van der Waals surface area contributed by atoms with Gasteiger partial charge in [0.2, 0.25) is 0 Å². The predicted octanol–water partition coefficient (Wildman–Crippen LogP) is 2.43. The van der Waals surface area contributed by atoms with Gasteiger partial charge in [0.05, 0.1) is 42.9 Å². The molecule has 1 aromatic heterocycles. The number of hydrogen-bond acceptors (Lipinski definition) is 5. The Labute approximate surface area is 219 Å². The largest absolute Gasteiger partial charge is 1.00 e. The molecule has 0 amide bonds. The monoisotopic (exact) mass is 587 g/mol. The zero-order valence-electron chi connectivity index (χ0n) is 19.2. The molecule has 8 heteroatoms. The lowest BCUT2D eigenvalue weighted by atomic mass is 10.1. The third-order valence-corrected chi connectivity index (χ3v) is 6.97. The summed E-state index contributed by atoms with van der Waals surface area (Å²) in [6.07, 6.45) is 2.04. The summed E-state index contributed by atoms with van der Waals surface area (Å²) in [5.74, 6) is 1.87. The Morgan fingerprint density at radius 1 is 1.00 bits per heavy atom. The molecule has 5 rings (SSSR count). The number of benzene rings is 3. The van der Waals surface area contributed by atoms with Gasteiger partial charge in [0.25, 0.3) is 0 Å². The van der Waals surface area contributed by atoms with Gasteiger partial charge in [0.1, 0.15) is 11.3 Å². The van der Waals surface area contributed by atoms with E-state index >= 15 is 0 Å². The third-order valence-electron chi connectivity index (χ3n) is 5.80. The minimum absolute atomic E-state index is 0. The first-order chi connectivity index (χ1) is 16.0. The average molecular weight is 587 g/mol. The normalized spacial score (nSPS) is 13.7. The van der Waals surface area contributed by atoms with Crippen LogP contribution in [-0.4, -0.2) is 26.3 Å². The number of aromatic nitrogens is 2. The standard InChI is InChI=1S/C26H23FN3O2S.HI/c1-29-21-12-17(27)10-11-24(21)33-25(29)14-19-18-13-22(31-3)23(32-4)15-20(18)30(2)26(28-19)16-8-6-5-7-9-16;/h5-15H,1-4H3;1H/q+1;/p-1. The molecule has 0 N–H and O–H groups in total. The minimum atomic E-state index is -0.249. The smallest absolute Gasteiger partial charge is 0.331 e. The van der Waals surface area contributed by atoms with Gasteiger partial charge in [-0.25, -0.2) is 8.96 Å². The number of thioether (sulfide) groups is 1. The summed E-state index contributed by atoms with van der Waals surface area (Å²) in [7, 11) is 7.19. The topological polar surface area (TPSA) is 38.5 Å². The van der Waals surface area contributed by atoms with Gasteiger partial charge >= 0.3 is 5.82 Å². The van der Waals surface area contributed by atoms with Gasteiger partial charge in [-0.15, -0.1) is 0 Å². The Hall–Kier alpha value is -2.85. The highest BCUT2D eigenvalue weighted by Gasteiger charge is 2.27. The van der Waals surface area contributed by atoms with E-state index in [4.69, 9.17) is 14.5 Å². The van der Waals surface area contributed by atoms with Crippen LogP contribution in [0.5, 0.6) is 11.5 Å². The van der Waals surface area contributed by atoms with Crippen molar-refractivity contribution < 1.29 is 42.4 Å². The molecule has 0 saturated carbocycles. The molecule has 1 aliphatic rings. The lowest BCUT2D eigenvalue weighted by Crippen LogP contribution is -3.00. The lowest BCUT2D eigenvalue weighted by Gasteiger charge is -2.14. The lowest BCUT2D eigenvalue weighted by molar-refractivity contribution is -0.636. The molecule has 1 aliphatic heterocycles. The number of methoxy groups -OCH3 is 2. The van der Waals surface area contributed by atoms with Crippen molar-refractivity contribution in [3.63, 3.8) is 0 Å². The maximum atomic E-state index is 13.8. The number of ether oxygens (including phenoxy) is 2. The number of nitrogens with zero attached hydrogens (tertiary/aromatic N) is 3. The number of halogens is 2. The Bertz CT molecular complexity index is 1410. The van der Waals surface area contributed by atoms with Gasteiger partial charge in [-0.1, -0.05) is 30.0 Å². The van der Waals surface area contributed by atoms with E-state index in [0.717, 1.165) is 43.6 Å². The first-order valence-corrected chi connectivity index (χ1v) is 11.3. The van der Waals surface area contributed by atoms with Crippen molar-refractivity contribution in [1.29, 1.82) is 0 Å². The molecule has 0 unspecified atom stereocenters. The Morgan fingerprint density at radius 2 is 1.71 bits per heavy atom. The van der Waals surface area contributed by atoms with E-state index in [2.05, 4.69) is 4.57 Å². The van der Waals surface area contributed by atoms with Crippen LogP contribution in [0.1, 0.15) is 5.69 Å². The zero-order valence-corrected chi connectivity index (χ0v) is 22.1. The molecule has 0 atom stereocenters. The fraction of sp³-hybridized carbons (Fsp3) is 0.154. The number of aryl methyl sites for hydroxylation is 1. The highest BCUT2D eigenvalue weighted by Crippen LogP contribution is 2.46. The highest BCUT2D eigenvalue weighted by atomic mass is 127. The maximum Gasteiger partial charge on any atom is 0.331 e. The molecular weight excluding hydrogens is 564 g/mol. The number of hydrogen-bond donors (Lipinski definition) is 0. The van der Waals surface area contributed by atoms with Crippen LogP contribution in [0, 0.1) is 5.82 Å². The van der Waals surface area contributed by atoms with Crippen molar-refractivity contribution in [3.8, 4) is 22.9 Å². The summed E-state index contributed by atoms with van der Waals surface area (Å²) in [4.78, 5) is 8.06. The van der Waals surface area contributed by atoms with Crippen LogP contribution in [0.25, 0.3) is 28.4 Å². The number of fused-ring (bicyclic) bond motifs is 2. The number of anilines is 1. The first kappa shape index (κ1) is 24.3. The predicted molar refractivity (Wildman–Crippen MR) is 130 cm³/mol. The van der Waals surface area contributed by atoms with Crippen LogP contribution in [0.15, 0.2) is 70.6 Å². The van der Waals surface area contributed by atoms with Crippen LogP contribution in [0.2, 0.25) is 0 Å². The molecule has 0 fully saturated rings. The van der Waals surface area contributed by atoms with Crippen molar-refractivity contribution in [3.05, 3.63) is 77.2 Å². The van der Waals surface area contributed by atoms with Crippen LogP contribution < -0.4 is 42.9 Å². The van der Waals surface area contributed by atoms with Crippen molar-refractivity contribution in [2.75, 3.05) is 26.2 Å². The van der Waals surface area contributed by atoms with E-state index in [-0.39, 0.29) is 29.8 Å². The molecule has 3 aromatic carbocycles. The second-order valence-corrected chi connectivity index (χ2v) is 8.79. The van der Waals surface area contributed by atoms with Gasteiger partial charge in [-0.2, -0.15) is 0 Å². The molecule has 0 radical (unpaired) electrons. The van der Waals surface area contributed by atoms with E-state index in [9.17, 15) is 4.39 Å². The quantitative estimate of drug-likeness (QED) is 0.271. The number of rotatable bonds is 4. The van der Waals surface area contributed by atoms with E-state index in [1.54, 1.807) is 32.0 Å². The average Bonchev–Trinajstić information content (AvgIpc) is 3.15. The van der Waals surface area contributed by atoms with Crippen molar-refractivity contribution in [2.24, 2.45) is 7.05 Å². The van der Waals surface area contributed by atoms with Gasteiger partial charge in [0, 0.05) is 24.1 Å². The fourth-order valence-electron chi connectivity index (χ4n) is 4.05. The van der Waals surface area contributed by atoms with Crippen LogP contribution in [-0.2, 0) is 7.05 Å². The molecule has 0 spiro atoms. The summed E-state index contributed by atoms with van der Waals surface area (Å²) in [6, 6.07) is 18.9. The SMILES string of the molecule is COc1cc2c(/C=C3/Sc4ccc(F)cc4N3C)nc(-c3ccccc3)[n+](C)c2cc1OC.[I-]. The summed E-state index contributed by atoms with van der Waals surface area (Å²) in [6.45, 7) is 0. The maximum absolute atomic E-state index is 13.8. The molecule has 0 saturated heterocycles. The molecule has 0 bridgehead atoms. The van der Waals surface area contributed by atoms with E-state index in [0.29, 0.717) is 11.5 Å². The van der Waals surface area contributed by atoms with E-state index in [1.807, 2.05) is 73.6 Å². The minimum Gasteiger partial charge on any atom is -1.00 e. The second kappa shape index (κ2) is 9.79. The van der Waals surface area contributed by atoms with Gasteiger partial charge in [-0.05, 0) is 41.4 Å². The third kappa shape index (κ3) is 4.20. The molecule has 5 nitrogen and oxygen atoms in total. The summed E-state index contributed by atoms with van der Waals surface area (Å²) >= 11 is 1.60. The van der Waals surface area contributed by atoms with E-state index < -0.39 is 0 Å². The Kier molecular flexibility index (Phi) is 6.99. The van der Waals surface area contributed by atoms with Crippen LogP contribution in [0.4, 0.5) is 10.1 Å². The summed E-state index contributed by atoms with van der Waals surface area (Å²) in [5.41, 5.74) is 3.61. The summed E-state index contributed by atoms with van der Waals surface area (Å²) in [5, 5.41) is 1.89. The molecule has 174 valence electrons. The van der Waals surface area contributed by atoms with Crippen molar-refractivity contribution >= 4 is 34.4 Å². The fourth-order valence-corrected chi connectivity index (χ4v) is 5.12. The molecule has 34 heavy (non-hydrogen) atoms. The van der Waals surface area contributed by atoms with Gasteiger partial charge in [-0.3, -0.25) is 0 Å². The second-order valence-electron chi connectivity index (χ2n) is 7.73. The van der Waals surface area contributed by atoms with Gasteiger partial charge < -0.3 is 38.4 Å². The Balaban J connectivity index is 0.00000274. The molecular formula is C26H23FIN3O2S. The summed E-state index contributed by atoms with van der Waals surface area (Å²) < 4.78 is 27.0. The Morgan fingerprint density at radius 3 is 2.41 bits per heavy atom. The van der Waals surface area contributed by atoms with Crippen LogP contribution >= 0.6 is 11.8 Å². The van der Waals surface area contributed by atoms with Gasteiger partial charge in [0.15, 0.2) is 17.2 Å². The molecule has 4 aromatic rings. The van der Waals surface area contributed by atoms with Crippen molar-refractivity contribution in [1.82, 2.24) is 4.98 Å². The zero-order chi connectivity index (χ0) is 23.1. The van der Waals surface area contributed by atoms with Crippen LogP contribution in [0.3, 0.4) is 0 Å². The van der Waals surface area contributed by atoms with Crippen molar-refractivity contribution in [2.45, 2.75) is 4.90 Å². The first-order valence-electron chi connectivity index (χ1n) is 10.4.